The first kappa shape index (κ1) is 17.8. The van der Waals surface area contributed by atoms with E-state index >= 15 is 0 Å². The van der Waals surface area contributed by atoms with Crippen LogP contribution in [0.3, 0.4) is 0 Å². The summed E-state index contributed by atoms with van der Waals surface area (Å²) in [5.41, 5.74) is -0.741. The summed E-state index contributed by atoms with van der Waals surface area (Å²) in [5, 5.41) is 3.00. The predicted molar refractivity (Wildman–Crippen MR) is 74.9 cm³/mol. The van der Waals surface area contributed by atoms with E-state index in [0.29, 0.717) is 18.1 Å². The Morgan fingerprint density at radius 2 is 2.00 bits per heavy atom. The second kappa shape index (κ2) is 8.80. The fraction of sp³-hybridized carbons (Fsp3) is 0.786. The van der Waals surface area contributed by atoms with Crippen molar-refractivity contribution in [1.29, 1.82) is 0 Å². The Bertz CT molecular complexity index is 315. The van der Waals surface area contributed by atoms with Gasteiger partial charge in [0, 0.05) is 12.2 Å². The maximum atomic E-state index is 11.3. The van der Waals surface area contributed by atoms with Gasteiger partial charge in [-0.1, -0.05) is 25.6 Å². The standard InChI is InChI=1S/C14H25NO4/c1-11(2)7-6-8-18-9-14(5,15-17)10-19-13(16)12(3)4/h11H,3,6-10H2,1-2,4-5H3. The van der Waals surface area contributed by atoms with Crippen LogP contribution >= 0.6 is 0 Å². The third-order valence-electron chi connectivity index (χ3n) is 2.57. The van der Waals surface area contributed by atoms with Gasteiger partial charge in [0.25, 0.3) is 0 Å². The minimum atomic E-state index is -1.04. The van der Waals surface area contributed by atoms with E-state index in [1.807, 2.05) is 0 Å². The van der Waals surface area contributed by atoms with E-state index < -0.39 is 11.5 Å². The van der Waals surface area contributed by atoms with Crippen LogP contribution < -0.4 is 0 Å². The van der Waals surface area contributed by atoms with Crippen LogP contribution in [-0.4, -0.2) is 31.3 Å². The van der Waals surface area contributed by atoms with E-state index in [0.717, 1.165) is 12.8 Å². The maximum Gasteiger partial charge on any atom is 0.333 e. The number of carbonyl (C=O) groups is 1. The summed E-state index contributed by atoms with van der Waals surface area (Å²) < 4.78 is 10.4. The van der Waals surface area contributed by atoms with Crippen LogP contribution in [-0.2, 0) is 14.3 Å². The highest BCUT2D eigenvalue weighted by atomic mass is 16.5. The molecule has 0 aliphatic rings. The van der Waals surface area contributed by atoms with E-state index in [1.165, 1.54) is 0 Å². The van der Waals surface area contributed by atoms with E-state index in [9.17, 15) is 9.70 Å². The van der Waals surface area contributed by atoms with Gasteiger partial charge in [0.15, 0.2) is 5.54 Å². The molecule has 0 saturated heterocycles. The summed E-state index contributed by atoms with van der Waals surface area (Å²) in [6.07, 6.45) is 2.02. The molecule has 0 spiro atoms. The van der Waals surface area contributed by atoms with Crippen LogP contribution in [0.15, 0.2) is 17.3 Å². The molecule has 0 aliphatic heterocycles. The van der Waals surface area contributed by atoms with Crippen LogP contribution in [0.5, 0.6) is 0 Å². The lowest BCUT2D eigenvalue weighted by molar-refractivity contribution is -0.141. The van der Waals surface area contributed by atoms with Gasteiger partial charge in [-0.15, -0.1) is 0 Å². The summed E-state index contributed by atoms with van der Waals surface area (Å²) >= 11 is 0. The lowest BCUT2D eigenvalue weighted by Crippen LogP contribution is -2.35. The minimum Gasteiger partial charge on any atom is -0.460 e. The van der Waals surface area contributed by atoms with Crippen molar-refractivity contribution in [2.45, 2.75) is 46.1 Å². The smallest absolute Gasteiger partial charge is 0.333 e. The number of hydrogen-bond donors (Lipinski definition) is 0. The molecule has 0 bridgehead atoms. The molecule has 0 rings (SSSR count). The topological polar surface area (TPSA) is 65.0 Å². The molecule has 0 heterocycles. The van der Waals surface area contributed by atoms with E-state index in [-0.39, 0.29) is 13.2 Å². The summed E-state index contributed by atoms with van der Waals surface area (Å²) in [6, 6.07) is 0. The van der Waals surface area contributed by atoms with Crippen LogP contribution in [0.1, 0.15) is 40.5 Å². The van der Waals surface area contributed by atoms with Gasteiger partial charge in [0.2, 0.25) is 0 Å². The van der Waals surface area contributed by atoms with Gasteiger partial charge in [-0.3, -0.25) is 0 Å². The highest BCUT2D eigenvalue weighted by Gasteiger charge is 2.28. The van der Waals surface area contributed by atoms with Gasteiger partial charge in [0.05, 0.1) is 6.61 Å². The van der Waals surface area contributed by atoms with Crippen molar-refractivity contribution in [1.82, 2.24) is 0 Å². The molecule has 0 aromatic rings. The number of nitrogens with zero attached hydrogens (tertiary/aromatic N) is 1. The van der Waals surface area contributed by atoms with Crippen LogP contribution in [0.25, 0.3) is 0 Å². The Morgan fingerprint density at radius 1 is 1.37 bits per heavy atom. The molecule has 5 nitrogen and oxygen atoms in total. The Morgan fingerprint density at radius 3 is 2.47 bits per heavy atom. The van der Waals surface area contributed by atoms with Gasteiger partial charge in [-0.05, 0) is 32.6 Å². The fourth-order valence-electron chi connectivity index (χ4n) is 1.32. The normalized spacial score (nSPS) is 13.9. The van der Waals surface area contributed by atoms with Gasteiger partial charge in [-0.25, -0.2) is 4.79 Å². The largest absolute Gasteiger partial charge is 0.460 e. The number of nitroso groups, excluding NO2 is 1. The third kappa shape index (κ3) is 8.48. The molecule has 0 aliphatic carbocycles. The van der Waals surface area contributed by atoms with Crippen molar-refractivity contribution >= 4 is 5.97 Å². The molecular formula is C14H25NO4. The SMILES string of the molecule is C=C(C)C(=O)OCC(C)(COCCCC(C)C)N=O. The van der Waals surface area contributed by atoms with Crippen molar-refractivity contribution in [3.8, 4) is 0 Å². The Balaban J connectivity index is 3.98. The van der Waals surface area contributed by atoms with E-state index in [1.54, 1.807) is 13.8 Å². The first-order valence-corrected chi connectivity index (χ1v) is 6.55. The minimum absolute atomic E-state index is 0.0909. The van der Waals surface area contributed by atoms with Gasteiger partial charge in [0.1, 0.15) is 6.61 Å². The van der Waals surface area contributed by atoms with Crippen LogP contribution in [0.2, 0.25) is 0 Å². The lowest BCUT2D eigenvalue weighted by atomic mass is 10.1. The zero-order chi connectivity index (χ0) is 14.9. The van der Waals surface area contributed by atoms with Gasteiger partial charge >= 0.3 is 5.97 Å². The zero-order valence-corrected chi connectivity index (χ0v) is 12.4. The molecule has 0 aromatic carbocycles. The molecular weight excluding hydrogens is 246 g/mol. The summed E-state index contributed by atoms with van der Waals surface area (Å²) in [6.45, 7) is 11.6. The Hall–Kier alpha value is -1.23. The molecule has 110 valence electrons. The lowest BCUT2D eigenvalue weighted by Gasteiger charge is -2.21. The second-order valence-corrected chi connectivity index (χ2v) is 5.53. The van der Waals surface area contributed by atoms with Crippen molar-refractivity contribution < 1.29 is 14.3 Å². The number of carbonyl (C=O) groups excluding carboxylic acids is 1. The Kier molecular flexibility index (Phi) is 8.23. The summed E-state index contributed by atoms with van der Waals surface area (Å²) in [4.78, 5) is 22.1. The molecule has 19 heavy (non-hydrogen) atoms. The summed E-state index contributed by atoms with van der Waals surface area (Å²) in [7, 11) is 0. The molecule has 0 radical (unpaired) electrons. The van der Waals surface area contributed by atoms with E-state index in [4.69, 9.17) is 9.47 Å². The van der Waals surface area contributed by atoms with Crippen molar-refractivity contribution in [2.24, 2.45) is 11.1 Å². The van der Waals surface area contributed by atoms with E-state index in [2.05, 4.69) is 25.6 Å². The van der Waals surface area contributed by atoms with Gasteiger partial charge < -0.3 is 9.47 Å². The van der Waals surface area contributed by atoms with Crippen LogP contribution in [0.4, 0.5) is 0 Å². The number of esters is 1. The highest BCUT2D eigenvalue weighted by molar-refractivity contribution is 5.86. The third-order valence-corrected chi connectivity index (χ3v) is 2.57. The molecule has 5 heteroatoms. The first-order chi connectivity index (χ1) is 8.80. The molecule has 0 saturated carbocycles. The molecule has 0 fully saturated rings. The Labute approximate surface area is 115 Å². The average Bonchev–Trinajstić information content (AvgIpc) is 2.35. The zero-order valence-electron chi connectivity index (χ0n) is 12.4. The molecule has 1 atom stereocenters. The highest BCUT2D eigenvalue weighted by Crippen LogP contribution is 2.13. The quantitative estimate of drug-likeness (QED) is 0.265. The predicted octanol–water partition coefficient (Wildman–Crippen LogP) is 3.08. The van der Waals surface area contributed by atoms with Crippen molar-refractivity contribution in [3.05, 3.63) is 17.1 Å². The maximum absolute atomic E-state index is 11.3. The molecule has 0 amide bonds. The van der Waals surface area contributed by atoms with Crippen molar-refractivity contribution in [3.63, 3.8) is 0 Å². The fourth-order valence-corrected chi connectivity index (χ4v) is 1.32. The monoisotopic (exact) mass is 271 g/mol. The molecule has 1 unspecified atom stereocenters. The number of hydrogen-bond acceptors (Lipinski definition) is 5. The summed E-state index contributed by atoms with van der Waals surface area (Å²) in [5.74, 6) is 0.116. The number of rotatable bonds is 10. The number of ether oxygens (including phenoxy) is 2. The average molecular weight is 271 g/mol. The molecule has 0 N–H and O–H groups in total. The molecule has 0 aromatic heterocycles. The van der Waals surface area contributed by atoms with Gasteiger partial charge in [-0.2, -0.15) is 4.91 Å². The van der Waals surface area contributed by atoms with Crippen LogP contribution in [0, 0.1) is 10.8 Å². The van der Waals surface area contributed by atoms with Crippen molar-refractivity contribution in [2.75, 3.05) is 19.8 Å². The second-order valence-electron chi connectivity index (χ2n) is 5.53. The first-order valence-electron chi connectivity index (χ1n) is 6.55.